The Balaban J connectivity index is 1.98. The van der Waals surface area contributed by atoms with Gasteiger partial charge in [-0.05, 0) is 19.8 Å². The van der Waals surface area contributed by atoms with Crippen LogP contribution in [0.1, 0.15) is 28.8 Å². The number of ether oxygens (including phenoxy) is 1. The van der Waals surface area contributed by atoms with Crippen molar-refractivity contribution in [3.63, 3.8) is 0 Å². The van der Waals surface area contributed by atoms with Crippen molar-refractivity contribution in [2.45, 2.75) is 25.2 Å². The lowest BCUT2D eigenvalue weighted by Gasteiger charge is -2.07. The average Bonchev–Trinajstić information content (AvgIpc) is 2.71. The van der Waals surface area contributed by atoms with Crippen LogP contribution >= 0.6 is 11.8 Å². The molecule has 0 amide bonds. The third-order valence-corrected chi connectivity index (χ3v) is 3.50. The van der Waals surface area contributed by atoms with Gasteiger partial charge in [0.05, 0.1) is 0 Å². The molecule has 1 heterocycles. The molecule has 1 aliphatic rings. The zero-order valence-electron chi connectivity index (χ0n) is 8.73. The molecule has 1 unspecified atom stereocenters. The van der Waals surface area contributed by atoms with E-state index in [4.69, 9.17) is 4.74 Å². The molecule has 0 saturated carbocycles. The Labute approximate surface area is 94.0 Å². The molecular formula is C12H14O2S. The summed E-state index contributed by atoms with van der Waals surface area (Å²) in [6.07, 6.45) is 2.06. The molecule has 2 nitrogen and oxygen atoms in total. The van der Waals surface area contributed by atoms with Crippen molar-refractivity contribution in [3.8, 4) is 0 Å². The van der Waals surface area contributed by atoms with Crippen LogP contribution in [-0.4, -0.2) is 17.2 Å². The van der Waals surface area contributed by atoms with E-state index >= 15 is 0 Å². The summed E-state index contributed by atoms with van der Waals surface area (Å²) >= 11 is 1.31. The molecule has 0 aromatic heterocycles. The Hall–Kier alpha value is -0.800. The third-order valence-electron chi connectivity index (χ3n) is 2.41. The first kappa shape index (κ1) is 10.7. The van der Waals surface area contributed by atoms with E-state index in [0.717, 1.165) is 25.0 Å². The predicted octanol–water partition coefficient (Wildman–Crippen LogP) is 3.00. The van der Waals surface area contributed by atoms with Crippen molar-refractivity contribution in [1.29, 1.82) is 0 Å². The molecular weight excluding hydrogens is 208 g/mol. The van der Waals surface area contributed by atoms with Crippen molar-refractivity contribution < 1.29 is 9.53 Å². The maximum absolute atomic E-state index is 11.8. The van der Waals surface area contributed by atoms with Crippen molar-refractivity contribution in [3.05, 3.63) is 35.4 Å². The van der Waals surface area contributed by atoms with Gasteiger partial charge in [-0.1, -0.05) is 41.6 Å². The van der Waals surface area contributed by atoms with Gasteiger partial charge in [0.1, 0.15) is 5.44 Å². The second-order valence-corrected chi connectivity index (χ2v) is 4.85. The van der Waals surface area contributed by atoms with Crippen LogP contribution in [0.25, 0.3) is 0 Å². The van der Waals surface area contributed by atoms with Gasteiger partial charge in [0.2, 0.25) is 5.12 Å². The zero-order chi connectivity index (χ0) is 10.7. The van der Waals surface area contributed by atoms with Crippen molar-refractivity contribution in [2.75, 3.05) is 6.61 Å². The highest BCUT2D eigenvalue weighted by atomic mass is 32.2. The molecule has 0 bridgehead atoms. The predicted molar refractivity (Wildman–Crippen MR) is 62.1 cm³/mol. The fourth-order valence-corrected chi connectivity index (χ4v) is 2.48. The van der Waals surface area contributed by atoms with Gasteiger partial charge >= 0.3 is 0 Å². The van der Waals surface area contributed by atoms with Gasteiger partial charge in [-0.25, -0.2) is 0 Å². The number of hydrogen-bond donors (Lipinski definition) is 0. The molecule has 1 aromatic rings. The van der Waals surface area contributed by atoms with Crippen LogP contribution < -0.4 is 0 Å². The first-order valence-corrected chi connectivity index (χ1v) is 6.03. The molecule has 1 aromatic carbocycles. The molecule has 0 radical (unpaired) electrons. The molecule has 1 aliphatic heterocycles. The topological polar surface area (TPSA) is 26.3 Å². The highest BCUT2D eigenvalue weighted by Gasteiger charge is 2.20. The molecule has 0 N–H and O–H groups in total. The van der Waals surface area contributed by atoms with Gasteiger partial charge in [0, 0.05) is 12.2 Å². The highest BCUT2D eigenvalue weighted by Crippen LogP contribution is 2.26. The summed E-state index contributed by atoms with van der Waals surface area (Å²) in [6, 6.07) is 7.67. The standard InChI is InChI=1S/C12H14O2S/c1-9-4-6-10(7-5-9)12(13)15-11-3-2-8-14-11/h4-7,11H,2-3,8H2,1H3. The van der Waals surface area contributed by atoms with Gasteiger partial charge in [-0.3, -0.25) is 4.79 Å². The largest absolute Gasteiger partial charge is 0.367 e. The summed E-state index contributed by atoms with van der Waals surface area (Å²) in [5.41, 5.74) is 2.01. The smallest absolute Gasteiger partial charge is 0.221 e. The minimum absolute atomic E-state index is 0.0683. The zero-order valence-corrected chi connectivity index (χ0v) is 9.55. The second kappa shape index (κ2) is 4.81. The lowest BCUT2D eigenvalue weighted by atomic mass is 10.2. The third kappa shape index (κ3) is 2.83. The Morgan fingerprint density at radius 3 is 2.73 bits per heavy atom. The van der Waals surface area contributed by atoms with Gasteiger partial charge in [-0.15, -0.1) is 0 Å². The van der Waals surface area contributed by atoms with Crippen LogP contribution in [-0.2, 0) is 4.74 Å². The van der Waals surface area contributed by atoms with E-state index in [-0.39, 0.29) is 10.6 Å². The number of benzene rings is 1. The van der Waals surface area contributed by atoms with Crippen LogP contribution in [0.3, 0.4) is 0 Å². The van der Waals surface area contributed by atoms with Crippen LogP contribution in [0.2, 0.25) is 0 Å². The Kier molecular flexibility index (Phi) is 3.44. The highest BCUT2D eigenvalue weighted by molar-refractivity contribution is 8.14. The lowest BCUT2D eigenvalue weighted by Crippen LogP contribution is -2.04. The van der Waals surface area contributed by atoms with Gasteiger partial charge in [0.15, 0.2) is 0 Å². The molecule has 2 rings (SSSR count). The fourth-order valence-electron chi connectivity index (χ4n) is 1.52. The minimum atomic E-state index is 0.0683. The SMILES string of the molecule is Cc1ccc(C(=O)SC2CCCO2)cc1. The van der Waals surface area contributed by atoms with E-state index in [1.165, 1.54) is 17.3 Å². The monoisotopic (exact) mass is 222 g/mol. The van der Waals surface area contributed by atoms with Crippen molar-refractivity contribution >= 4 is 16.9 Å². The van der Waals surface area contributed by atoms with Gasteiger partial charge in [-0.2, -0.15) is 0 Å². The van der Waals surface area contributed by atoms with E-state index in [1.54, 1.807) is 0 Å². The second-order valence-electron chi connectivity index (χ2n) is 3.71. The van der Waals surface area contributed by atoms with Crippen LogP contribution in [0.5, 0.6) is 0 Å². The molecule has 80 valence electrons. The van der Waals surface area contributed by atoms with E-state index in [2.05, 4.69) is 0 Å². The Bertz CT molecular complexity index is 339. The van der Waals surface area contributed by atoms with Gasteiger partial charge < -0.3 is 4.74 Å². The number of carbonyl (C=O) groups is 1. The number of hydrogen-bond acceptors (Lipinski definition) is 3. The van der Waals surface area contributed by atoms with E-state index < -0.39 is 0 Å². The summed E-state index contributed by atoms with van der Waals surface area (Å²) in [5.74, 6) is 0. The van der Waals surface area contributed by atoms with Crippen molar-refractivity contribution in [1.82, 2.24) is 0 Å². The number of rotatable bonds is 2. The Morgan fingerprint density at radius 2 is 2.13 bits per heavy atom. The summed E-state index contributed by atoms with van der Waals surface area (Å²) in [4.78, 5) is 11.8. The molecule has 1 atom stereocenters. The number of carbonyl (C=O) groups excluding carboxylic acids is 1. The lowest BCUT2D eigenvalue weighted by molar-refractivity contribution is 0.108. The quantitative estimate of drug-likeness (QED) is 0.769. The maximum Gasteiger partial charge on any atom is 0.221 e. The normalized spacial score (nSPS) is 20.5. The average molecular weight is 222 g/mol. The number of aryl methyl sites for hydroxylation is 1. The summed E-state index contributed by atoms with van der Waals surface area (Å²) in [7, 11) is 0. The molecule has 1 saturated heterocycles. The molecule has 15 heavy (non-hydrogen) atoms. The van der Waals surface area contributed by atoms with Crippen LogP contribution in [0, 0.1) is 6.92 Å². The van der Waals surface area contributed by atoms with E-state index in [1.807, 2.05) is 31.2 Å². The van der Waals surface area contributed by atoms with Crippen molar-refractivity contribution in [2.24, 2.45) is 0 Å². The molecule has 0 spiro atoms. The first-order valence-electron chi connectivity index (χ1n) is 5.15. The van der Waals surface area contributed by atoms with Crippen LogP contribution in [0.15, 0.2) is 24.3 Å². The molecule has 0 aliphatic carbocycles. The van der Waals surface area contributed by atoms with E-state index in [0.29, 0.717) is 0 Å². The molecule has 3 heteroatoms. The first-order chi connectivity index (χ1) is 7.25. The van der Waals surface area contributed by atoms with E-state index in [9.17, 15) is 4.79 Å². The maximum atomic E-state index is 11.8. The van der Waals surface area contributed by atoms with Gasteiger partial charge in [0.25, 0.3) is 0 Å². The fraction of sp³-hybridized carbons (Fsp3) is 0.417. The summed E-state index contributed by atoms with van der Waals surface area (Å²) in [5, 5.41) is 0.113. The summed E-state index contributed by atoms with van der Waals surface area (Å²) < 4.78 is 5.41. The summed E-state index contributed by atoms with van der Waals surface area (Å²) in [6.45, 7) is 2.81. The minimum Gasteiger partial charge on any atom is -0.367 e. The Morgan fingerprint density at radius 1 is 1.40 bits per heavy atom. The number of thioether (sulfide) groups is 1. The molecule has 1 fully saturated rings. The van der Waals surface area contributed by atoms with Crippen LogP contribution in [0.4, 0.5) is 0 Å².